The van der Waals surface area contributed by atoms with Gasteiger partial charge in [0, 0.05) is 12.6 Å². The molecule has 1 aliphatic carbocycles. The van der Waals surface area contributed by atoms with Crippen molar-refractivity contribution in [2.75, 3.05) is 26.3 Å². The lowest BCUT2D eigenvalue weighted by molar-refractivity contribution is -0.143. The van der Waals surface area contributed by atoms with E-state index in [9.17, 15) is 31.1 Å². The molecule has 1 saturated carbocycles. The molecule has 2 heterocycles. The number of hydrogen-bond acceptors (Lipinski definition) is 3. The molecule has 0 bridgehead atoms. The standard InChI is InChI=1S/C21H24F6N2O2/c22-20(23,24)13-9-14(12-3-4-12)18(15(10-13)21(25,26)27)19(30)28-16-11-31-8-5-17(16)29-6-1-2-7-29/h9-10,12,16-17H,1-8,11H2,(H,28,30). The molecule has 4 rings (SSSR count). The van der Waals surface area contributed by atoms with Crippen LogP contribution in [0.25, 0.3) is 0 Å². The van der Waals surface area contributed by atoms with Gasteiger partial charge in [0.1, 0.15) is 0 Å². The van der Waals surface area contributed by atoms with E-state index in [-0.39, 0.29) is 24.3 Å². The smallest absolute Gasteiger partial charge is 0.379 e. The van der Waals surface area contributed by atoms with Crippen molar-refractivity contribution >= 4 is 5.91 Å². The molecular weight excluding hydrogens is 426 g/mol. The molecule has 2 atom stereocenters. The number of rotatable bonds is 4. The summed E-state index contributed by atoms with van der Waals surface area (Å²) in [4.78, 5) is 15.3. The zero-order valence-electron chi connectivity index (χ0n) is 16.8. The molecule has 0 spiro atoms. The molecule has 2 saturated heterocycles. The number of hydrogen-bond donors (Lipinski definition) is 1. The highest BCUT2D eigenvalue weighted by Crippen LogP contribution is 2.47. The minimum absolute atomic E-state index is 0.0517. The van der Waals surface area contributed by atoms with Crippen LogP contribution in [0.3, 0.4) is 0 Å². The quantitative estimate of drug-likeness (QED) is 0.683. The van der Waals surface area contributed by atoms with E-state index in [1.54, 1.807) is 0 Å². The fraction of sp³-hybridized carbons (Fsp3) is 0.667. The van der Waals surface area contributed by atoms with Gasteiger partial charge >= 0.3 is 12.4 Å². The Morgan fingerprint density at radius 2 is 1.68 bits per heavy atom. The minimum atomic E-state index is -5.09. The Morgan fingerprint density at radius 3 is 2.26 bits per heavy atom. The Bertz CT molecular complexity index is 828. The van der Waals surface area contributed by atoms with Crippen molar-refractivity contribution in [2.24, 2.45) is 0 Å². The lowest BCUT2D eigenvalue weighted by Crippen LogP contribution is -2.56. The lowest BCUT2D eigenvalue weighted by atomic mass is 9.92. The van der Waals surface area contributed by atoms with Gasteiger partial charge in [-0.05, 0) is 68.8 Å². The fourth-order valence-electron chi connectivity index (χ4n) is 4.64. The van der Waals surface area contributed by atoms with Crippen molar-refractivity contribution < 1.29 is 35.9 Å². The van der Waals surface area contributed by atoms with E-state index in [0.29, 0.717) is 31.9 Å². The van der Waals surface area contributed by atoms with Gasteiger partial charge in [-0.25, -0.2) is 0 Å². The molecule has 1 amide bonds. The van der Waals surface area contributed by atoms with Crippen LogP contribution in [-0.2, 0) is 17.1 Å². The van der Waals surface area contributed by atoms with Gasteiger partial charge in [-0.15, -0.1) is 0 Å². The second kappa shape index (κ2) is 8.27. The normalized spacial score (nSPS) is 25.6. The van der Waals surface area contributed by atoms with Gasteiger partial charge in [-0.1, -0.05) is 0 Å². The first-order chi connectivity index (χ1) is 14.6. The average molecular weight is 450 g/mol. The number of nitrogens with one attached hydrogen (secondary N) is 1. The first kappa shape index (κ1) is 22.4. The maximum absolute atomic E-state index is 13.8. The summed E-state index contributed by atoms with van der Waals surface area (Å²) in [6, 6.07) is 0.177. The number of benzene rings is 1. The van der Waals surface area contributed by atoms with E-state index in [2.05, 4.69) is 10.2 Å². The Kier molecular flexibility index (Phi) is 5.97. The summed E-state index contributed by atoms with van der Waals surface area (Å²) < 4.78 is 86.5. The van der Waals surface area contributed by atoms with Gasteiger partial charge < -0.3 is 10.1 Å². The Labute approximate surface area is 175 Å². The average Bonchev–Trinajstić information content (AvgIpc) is 3.40. The molecule has 172 valence electrons. The van der Waals surface area contributed by atoms with Gasteiger partial charge in [0.25, 0.3) is 5.91 Å². The van der Waals surface area contributed by atoms with Gasteiger partial charge in [0.15, 0.2) is 0 Å². The van der Waals surface area contributed by atoms with E-state index in [1.165, 1.54) is 0 Å². The van der Waals surface area contributed by atoms with Crippen molar-refractivity contribution in [2.45, 2.75) is 62.5 Å². The molecule has 1 aromatic rings. The maximum atomic E-state index is 13.8. The second-order valence-electron chi connectivity index (χ2n) is 8.51. The van der Waals surface area contributed by atoms with Crippen LogP contribution in [0.1, 0.15) is 65.1 Å². The summed E-state index contributed by atoms with van der Waals surface area (Å²) in [5, 5.41) is 2.67. The molecule has 0 aromatic heterocycles. The van der Waals surface area contributed by atoms with Gasteiger partial charge in [0.05, 0.1) is 29.3 Å². The van der Waals surface area contributed by atoms with Crippen LogP contribution in [0.2, 0.25) is 0 Å². The summed E-state index contributed by atoms with van der Waals surface area (Å²) in [6.45, 7) is 2.35. The molecule has 31 heavy (non-hydrogen) atoms. The molecule has 1 aromatic carbocycles. The van der Waals surface area contributed by atoms with Crippen LogP contribution >= 0.6 is 0 Å². The minimum Gasteiger partial charge on any atom is -0.379 e. The Balaban J connectivity index is 1.69. The van der Waals surface area contributed by atoms with E-state index in [1.807, 2.05) is 0 Å². The summed E-state index contributed by atoms with van der Waals surface area (Å²) in [5.74, 6) is -1.45. The highest BCUT2D eigenvalue weighted by molar-refractivity contribution is 5.98. The van der Waals surface area contributed by atoms with E-state index >= 15 is 0 Å². The monoisotopic (exact) mass is 450 g/mol. The van der Waals surface area contributed by atoms with Gasteiger partial charge in [-0.2, -0.15) is 26.3 Å². The highest BCUT2D eigenvalue weighted by atomic mass is 19.4. The number of carbonyl (C=O) groups is 1. The topological polar surface area (TPSA) is 41.6 Å². The first-order valence-electron chi connectivity index (χ1n) is 10.5. The predicted octanol–water partition coefficient (Wildman–Crippen LogP) is 4.58. The fourth-order valence-corrected chi connectivity index (χ4v) is 4.64. The van der Waals surface area contributed by atoms with E-state index in [4.69, 9.17) is 4.74 Å². The first-order valence-corrected chi connectivity index (χ1v) is 10.5. The number of alkyl halides is 6. The molecular formula is C21H24F6N2O2. The highest BCUT2D eigenvalue weighted by Gasteiger charge is 2.44. The summed E-state index contributed by atoms with van der Waals surface area (Å²) in [7, 11) is 0. The van der Waals surface area contributed by atoms with Crippen LogP contribution in [-0.4, -0.2) is 49.2 Å². The molecule has 3 aliphatic rings. The van der Waals surface area contributed by atoms with Crippen molar-refractivity contribution in [3.63, 3.8) is 0 Å². The third kappa shape index (κ3) is 4.84. The summed E-state index contributed by atoms with van der Waals surface area (Å²) in [6.07, 6.45) is -6.43. The van der Waals surface area contributed by atoms with E-state index < -0.39 is 46.9 Å². The second-order valence-corrected chi connectivity index (χ2v) is 8.51. The molecule has 10 heteroatoms. The number of likely N-dealkylation sites (tertiary alicyclic amines) is 1. The zero-order valence-corrected chi connectivity index (χ0v) is 16.8. The SMILES string of the molecule is O=C(NC1COCCC1N1CCCC1)c1c(C2CC2)cc(C(F)(F)F)cc1C(F)(F)F. The predicted molar refractivity (Wildman–Crippen MR) is 99.7 cm³/mol. The summed E-state index contributed by atoms with van der Waals surface area (Å²) >= 11 is 0. The summed E-state index contributed by atoms with van der Waals surface area (Å²) in [5.41, 5.74) is -3.77. The molecule has 2 aliphatic heterocycles. The van der Waals surface area contributed by atoms with Crippen LogP contribution in [0, 0.1) is 0 Å². The lowest BCUT2D eigenvalue weighted by Gasteiger charge is -2.38. The zero-order chi connectivity index (χ0) is 22.4. The molecule has 4 nitrogen and oxygen atoms in total. The van der Waals surface area contributed by atoms with Crippen molar-refractivity contribution in [1.29, 1.82) is 0 Å². The number of ether oxygens (including phenoxy) is 1. The van der Waals surface area contributed by atoms with Crippen molar-refractivity contribution in [1.82, 2.24) is 10.2 Å². The van der Waals surface area contributed by atoms with E-state index in [0.717, 1.165) is 25.9 Å². The third-order valence-corrected chi connectivity index (χ3v) is 6.29. The molecule has 0 radical (unpaired) electrons. The van der Waals surface area contributed by atoms with Crippen LogP contribution in [0.15, 0.2) is 12.1 Å². The molecule has 2 unspecified atom stereocenters. The number of amides is 1. The Morgan fingerprint density at radius 1 is 1.00 bits per heavy atom. The largest absolute Gasteiger partial charge is 0.417 e. The Hall–Kier alpha value is -1.81. The van der Waals surface area contributed by atoms with Crippen LogP contribution in [0.4, 0.5) is 26.3 Å². The van der Waals surface area contributed by atoms with Crippen molar-refractivity contribution in [3.8, 4) is 0 Å². The van der Waals surface area contributed by atoms with Gasteiger partial charge in [0.2, 0.25) is 0 Å². The third-order valence-electron chi connectivity index (χ3n) is 6.29. The number of halogens is 6. The maximum Gasteiger partial charge on any atom is 0.417 e. The van der Waals surface area contributed by atoms with Crippen molar-refractivity contribution in [3.05, 3.63) is 34.4 Å². The van der Waals surface area contributed by atoms with Crippen LogP contribution in [0.5, 0.6) is 0 Å². The number of nitrogens with zero attached hydrogens (tertiary/aromatic N) is 1. The molecule has 3 fully saturated rings. The number of carbonyl (C=O) groups excluding carboxylic acids is 1. The van der Waals surface area contributed by atoms with Gasteiger partial charge in [-0.3, -0.25) is 9.69 Å². The molecule has 1 N–H and O–H groups in total. The van der Waals surface area contributed by atoms with Crippen LogP contribution < -0.4 is 5.32 Å².